The highest BCUT2D eigenvalue weighted by Gasteiger charge is 2.31. The highest BCUT2D eigenvalue weighted by molar-refractivity contribution is 9.10. The van der Waals surface area contributed by atoms with Crippen LogP contribution in [-0.4, -0.2) is 9.78 Å². The molecule has 7 heteroatoms. The fourth-order valence-corrected chi connectivity index (χ4v) is 2.37. The first-order chi connectivity index (χ1) is 9.25. The minimum Gasteiger partial charge on any atom is -0.381 e. The predicted molar refractivity (Wildman–Crippen MR) is 74.4 cm³/mol. The Morgan fingerprint density at radius 3 is 2.55 bits per heavy atom. The van der Waals surface area contributed by atoms with Crippen molar-refractivity contribution in [2.45, 2.75) is 19.6 Å². The van der Waals surface area contributed by atoms with Crippen LogP contribution in [0.2, 0.25) is 0 Å². The number of hydrogen-bond acceptors (Lipinski definition) is 2. The summed E-state index contributed by atoms with van der Waals surface area (Å²) in [4.78, 5) is 0. The quantitative estimate of drug-likeness (QED) is 0.904. The molecule has 20 heavy (non-hydrogen) atoms. The number of nitrogens with one attached hydrogen (secondary N) is 1. The summed E-state index contributed by atoms with van der Waals surface area (Å²) in [7, 11) is 1.80. The van der Waals surface area contributed by atoms with E-state index in [9.17, 15) is 13.2 Å². The largest absolute Gasteiger partial charge is 0.416 e. The van der Waals surface area contributed by atoms with Crippen LogP contribution in [0.1, 0.15) is 16.8 Å². The average molecular weight is 348 g/mol. The van der Waals surface area contributed by atoms with Crippen molar-refractivity contribution in [3.05, 3.63) is 45.7 Å². The summed E-state index contributed by atoms with van der Waals surface area (Å²) in [5.41, 5.74) is 1.53. The van der Waals surface area contributed by atoms with Gasteiger partial charge < -0.3 is 5.32 Å². The second-order valence-corrected chi connectivity index (χ2v) is 5.41. The maximum Gasteiger partial charge on any atom is 0.416 e. The number of rotatable bonds is 3. The Bertz CT molecular complexity index is 620. The van der Waals surface area contributed by atoms with Gasteiger partial charge in [0.2, 0.25) is 0 Å². The van der Waals surface area contributed by atoms with Gasteiger partial charge >= 0.3 is 6.18 Å². The summed E-state index contributed by atoms with van der Waals surface area (Å²) in [6, 6.07) is 3.76. The second-order valence-electron chi connectivity index (χ2n) is 4.49. The van der Waals surface area contributed by atoms with E-state index in [-0.39, 0.29) is 0 Å². The molecule has 0 saturated heterocycles. The lowest BCUT2D eigenvalue weighted by Gasteiger charge is -2.11. The molecule has 2 rings (SSSR count). The van der Waals surface area contributed by atoms with Gasteiger partial charge in [-0.25, -0.2) is 0 Å². The van der Waals surface area contributed by atoms with Crippen molar-refractivity contribution >= 4 is 21.6 Å². The third-order valence-electron chi connectivity index (χ3n) is 2.82. The highest BCUT2D eigenvalue weighted by atomic mass is 79.9. The number of aryl methyl sites for hydroxylation is 2. The van der Waals surface area contributed by atoms with E-state index in [1.807, 2.05) is 13.1 Å². The molecule has 0 bridgehead atoms. The van der Waals surface area contributed by atoms with Gasteiger partial charge in [-0.15, -0.1) is 0 Å². The van der Waals surface area contributed by atoms with Gasteiger partial charge in [-0.05, 0) is 25.1 Å². The van der Waals surface area contributed by atoms with Crippen LogP contribution in [0.4, 0.5) is 18.9 Å². The van der Waals surface area contributed by atoms with E-state index in [0.717, 1.165) is 23.4 Å². The van der Waals surface area contributed by atoms with Crippen molar-refractivity contribution in [2.24, 2.45) is 7.05 Å². The lowest BCUT2D eigenvalue weighted by atomic mass is 10.2. The van der Waals surface area contributed by atoms with Crippen LogP contribution < -0.4 is 5.32 Å². The number of benzene rings is 1. The fourth-order valence-electron chi connectivity index (χ4n) is 1.87. The summed E-state index contributed by atoms with van der Waals surface area (Å²) in [6.45, 7) is 2.28. The molecule has 0 fully saturated rings. The molecule has 3 nitrogen and oxygen atoms in total. The molecule has 2 aromatic rings. The molecule has 1 heterocycles. The third kappa shape index (κ3) is 3.53. The first-order valence-corrected chi connectivity index (χ1v) is 6.66. The van der Waals surface area contributed by atoms with Gasteiger partial charge in [0, 0.05) is 35.5 Å². The molecule has 0 atom stereocenters. The van der Waals surface area contributed by atoms with Crippen LogP contribution in [0, 0.1) is 6.92 Å². The van der Waals surface area contributed by atoms with Crippen LogP contribution in [-0.2, 0) is 19.8 Å². The van der Waals surface area contributed by atoms with E-state index in [4.69, 9.17) is 0 Å². The SMILES string of the molecule is Cc1nn(C)cc1CNc1cc(Br)cc(C(F)(F)F)c1. The molecule has 0 amide bonds. The average Bonchev–Trinajstić information content (AvgIpc) is 2.63. The van der Waals surface area contributed by atoms with Crippen molar-refractivity contribution in [1.29, 1.82) is 0 Å². The topological polar surface area (TPSA) is 29.9 Å². The Balaban J connectivity index is 2.18. The van der Waals surface area contributed by atoms with E-state index in [1.54, 1.807) is 17.8 Å². The van der Waals surface area contributed by atoms with Gasteiger partial charge in [0.15, 0.2) is 0 Å². The Labute approximate surface area is 122 Å². The molecule has 0 aliphatic heterocycles. The lowest BCUT2D eigenvalue weighted by Crippen LogP contribution is -2.07. The van der Waals surface area contributed by atoms with Gasteiger partial charge in [0.1, 0.15) is 0 Å². The standard InChI is InChI=1S/C13H13BrF3N3/c1-8-9(7-20(2)19-8)6-18-12-4-10(13(15,16)17)3-11(14)5-12/h3-5,7,18H,6H2,1-2H3. The maximum atomic E-state index is 12.7. The monoisotopic (exact) mass is 347 g/mol. The Kier molecular flexibility index (Phi) is 4.08. The Morgan fingerprint density at radius 1 is 1.30 bits per heavy atom. The summed E-state index contributed by atoms with van der Waals surface area (Å²) in [5.74, 6) is 0. The number of hydrogen-bond donors (Lipinski definition) is 1. The van der Waals surface area contributed by atoms with Crippen molar-refractivity contribution in [3.63, 3.8) is 0 Å². The van der Waals surface area contributed by atoms with Crippen molar-refractivity contribution in [1.82, 2.24) is 9.78 Å². The molecule has 0 radical (unpaired) electrons. The van der Waals surface area contributed by atoms with Crippen molar-refractivity contribution in [2.75, 3.05) is 5.32 Å². The molecule has 1 aromatic carbocycles. The van der Waals surface area contributed by atoms with E-state index in [2.05, 4.69) is 26.3 Å². The molecule has 0 aliphatic rings. The van der Waals surface area contributed by atoms with Gasteiger partial charge in [-0.2, -0.15) is 18.3 Å². The zero-order valence-electron chi connectivity index (χ0n) is 10.9. The third-order valence-corrected chi connectivity index (χ3v) is 3.28. The zero-order chi connectivity index (χ0) is 14.9. The second kappa shape index (κ2) is 5.47. The molecule has 0 unspecified atom stereocenters. The van der Waals surface area contributed by atoms with Crippen LogP contribution in [0.3, 0.4) is 0 Å². The lowest BCUT2D eigenvalue weighted by molar-refractivity contribution is -0.137. The zero-order valence-corrected chi connectivity index (χ0v) is 12.5. The smallest absolute Gasteiger partial charge is 0.381 e. The molecule has 1 N–H and O–H groups in total. The van der Waals surface area contributed by atoms with Crippen molar-refractivity contribution < 1.29 is 13.2 Å². The molecule has 108 valence electrons. The highest BCUT2D eigenvalue weighted by Crippen LogP contribution is 2.33. The minimum atomic E-state index is -4.36. The maximum absolute atomic E-state index is 12.7. The van der Waals surface area contributed by atoms with E-state index < -0.39 is 11.7 Å². The summed E-state index contributed by atoms with van der Waals surface area (Å²) >= 11 is 3.09. The van der Waals surface area contributed by atoms with Crippen LogP contribution in [0.15, 0.2) is 28.9 Å². The van der Waals surface area contributed by atoms with Gasteiger partial charge in [-0.1, -0.05) is 15.9 Å². The summed E-state index contributed by atoms with van der Waals surface area (Å²) in [5, 5.41) is 7.17. The predicted octanol–water partition coefficient (Wildman–Crippen LogP) is 4.12. The van der Waals surface area contributed by atoms with Gasteiger partial charge in [0.05, 0.1) is 11.3 Å². The molecular formula is C13H13BrF3N3. The van der Waals surface area contributed by atoms with E-state index >= 15 is 0 Å². The normalized spacial score (nSPS) is 11.7. The number of anilines is 1. The summed E-state index contributed by atoms with van der Waals surface area (Å²) < 4.78 is 40.2. The number of nitrogens with zero attached hydrogens (tertiary/aromatic N) is 2. The van der Waals surface area contributed by atoms with E-state index in [1.165, 1.54) is 0 Å². The molecule has 0 saturated carbocycles. The number of halogens is 4. The fraction of sp³-hybridized carbons (Fsp3) is 0.308. The molecule has 0 spiro atoms. The van der Waals surface area contributed by atoms with Crippen LogP contribution >= 0.6 is 15.9 Å². The number of aromatic nitrogens is 2. The van der Waals surface area contributed by atoms with Crippen LogP contribution in [0.5, 0.6) is 0 Å². The first-order valence-electron chi connectivity index (χ1n) is 5.86. The van der Waals surface area contributed by atoms with Gasteiger partial charge in [-0.3, -0.25) is 4.68 Å². The Hall–Kier alpha value is -1.50. The van der Waals surface area contributed by atoms with Gasteiger partial charge in [0.25, 0.3) is 0 Å². The van der Waals surface area contributed by atoms with Crippen molar-refractivity contribution in [3.8, 4) is 0 Å². The number of alkyl halides is 3. The van der Waals surface area contributed by atoms with E-state index in [0.29, 0.717) is 16.7 Å². The minimum absolute atomic E-state index is 0.387. The molecule has 0 aliphatic carbocycles. The molecule has 1 aromatic heterocycles. The Morgan fingerprint density at radius 2 is 2.00 bits per heavy atom. The first kappa shape index (κ1) is 14.9. The summed E-state index contributed by atoms with van der Waals surface area (Å²) in [6.07, 6.45) is -2.52. The molecular weight excluding hydrogens is 335 g/mol. The van der Waals surface area contributed by atoms with Crippen LogP contribution in [0.25, 0.3) is 0 Å².